The molecular weight excluding hydrogens is 394 g/mol. The summed E-state index contributed by atoms with van der Waals surface area (Å²) in [7, 11) is 0. The maximum absolute atomic E-state index is 12.0. The number of amides is 1. The third-order valence-corrected chi connectivity index (χ3v) is 4.17. The van der Waals surface area contributed by atoms with E-state index in [1.807, 2.05) is 0 Å². The van der Waals surface area contributed by atoms with Crippen LogP contribution in [0, 0.1) is 0 Å². The monoisotopic (exact) mass is 404 g/mol. The standard InChI is InChI=1S/C16H12Cl4N2O2/c1-9(24-15-5-3-11(17)7-14(15)20)16(23)22-21-8-10-2-4-12(18)13(19)6-10/h2-9H,1H3,(H,22,23)/b21-8+. The van der Waals surface area contributed by atoms with E-state index < -0.39 is 12.0 Å². The van der Waals surface area contributed by atoms with E-state index in [0.29, 0.717) is 31.4 Å². The normalized spacial score (nSPS) is 12.2. The molecule has 0 aliphatic carbocycles. The Bertz CT molecular complexity index is 781. The molecule has 2 aromatic carbocycles. The van der Waals surface area contributed by atoms with Crippen molar-refractivity contribution in [3.8, 4) is 5.75 Å². The second kappa shape index (κ2) is 8.58. The van der Waals surface area contributed by atoms with Crippen LogP contribution in [0.15, 0.2) is 41.5 Å². The van der Waals surface area contributed by atoms with Crippen LogP contribution in [0.2, 0.25) is 20.1 Å². The second-order valence-electron chi connectivity index (χ2n) is 4.74. The Hall–Kier alpha value is -1.46. The molecule has 1 unspecified atom stereocenters. The molecule has 4 nitrogen and oxygen atoms in total. The molecule has 0 saturated carbocycles. The number of halogens is 4. The lowest BCUT2D eigenvalue weighted by atomic mass is 10.2. The summed E-state index contributed by atoms with van der Waals surface area (Å²) in [5.41, 5.74) is 3.07. The molecule has 0 aliphatic rings. The van der Waals surface area contributed by atoms with Gasteiger partial charge in [0.05, 0.1) is 21.3 Å². The average molecular weight is 406 g/mol. The van der Waals surface area contributed by atoms with Gasteiger partial charge in [-0.15, -0.1) is 0 Å². The van der Waals surface area contributed by atoms with E-state index in [2.05, 4.69) is 10.5 Å². The van der Waals surface area contributed by atoms with Gasteiger partial charge in [-0.05, 0) is 42.8 Å². The second-order valence-corrected chi connectivity index (χ2v) is 6.40. The van der Waals surface area contributed by atoms with Gasteiger partial charge in [0, 0.05) is 5.02 Å². The number of hydrogen-bond acceptors (Lipinski definition) is 3. The predicted molar refractivity (Wildman–Crippen MR) is 98.8 cm³/mol. The Balaban J connectivity index is 1.93. The number of nitrogens with zero attached hydrogens (tertiary/aromatic N) is 1. The van der Waals surface area contributed by atoms with Gasteiger partial charge in [0.1, 0.15) is 5.75 Å². The molecule has 1 N–H and O–H groups in total. The summed E-state index contributed by atoms with van der Waals surface area (Å²) in [5, 5.41) is 5.50. The Morgan fingerprint density at radius 1 is 1.08 bits per heavy atom. The molecule has 0 saturated heterocycles. The molecule has 0 radical (unpaired) electrons. The minimum atomic E-state index is -0.797. The van der Waals surface area contributed by atoms with Crippen molar-refractivity contribution in [1.29, 1.82) is 0 Å². The lowest BCUT2D eigenvalue weighted by molar-refractivity contribution is -0.127. The Labute approximate surface area is 159 Å². The van der Waals surface area contributed by atoms with Crippen molar-refractivity contribution >= 4 is 58.5 Å². The maximum atomic E-state index is 12.0. The number of carbonyl (C=O) groups excluding carboxylic acids is 1. The van der Waals surface area contributed by atoms with Gasteiger partial charge in [-0.1, -0.05) is 52.5 Å². The minimum Gasteiger partial charge on any atom is -0.479 e. The SMILES string of the molecule is CC(Oc1ccc(Cl)cc1Cl)C(=O)N/N=C/c1ccc(Cl)c(Cl)c1. The molecule has 24 heavy (non-hydrogen) atoms. The first kappa shape index (κ1) is 18.9. The van der Waals surface area contributed by atoms with Gasteiger partial charge in [0.2, 0.25) is 0 Å². The fourth-order valence-corrected chi connectivity index (χ4v) is 2.43. The summed E-state index contributed by atoms with van der Waals surface area (Å²) in [6.45, 7) is 1.58. The van der Waals surface area contributed by atoms with E-state index in [-0.39, 0.29) is 0 Å². The van der Waals surface area contributed by atoms with Crippen molar-refractivity contribution in [2.75, 3.05) is 0 Å². The van der Waals surface area contributed by atoms with Crippen molar-refractivity contribution < 1.29 is 9.53 Å². The molecule has 2 rings (SSSR count). The molecular formula is C16H12Cl4N2O2. The number of nitrogens with one attached hydrogen (secondary N) is 1. The third kappa shape index (κ3) is 5.28. The first-order valence-electron chi connectivity index (χ1n) is 6.76. The molecule has 0 heterocycles. The zero-order valence-electron chi connectivity index (χ0n) is 12.4. The number of hydrogen-bond donors (Lipinski definition) is 1. The molecule has 2 aromatic rings. The highest BCUT2D eigenvalue weighted by molar-refractivity contribution is 6.42. The highest BCUT2D eigenvalue weighted by Gasteiger charge is 2.15. The van der Waals surface area contributed by atoms with Crippen LogP contribution in [0.3, 0.4) is 0 Å². The maximum Gasteiger partial charge on any atom is 0.280 e. The van der Waals surface area contributed by atoms with E-state index in [1.54, 1.807) is 37.3 Å². The molecule has 0 bridgehead atoms. The van der Waals surface area contributed by atoms with Crippen molar-refractivity contribution in [2.24, 2.45) is 5.10 Å². The van der Waals surface area contributed by atoms with Gasteiger partial charge in [-0.3, -0.25) is 4.79 Å². The van der Waals surface area contributed by atoms with E-state index in [0.717, 1.165) is 0 Å². The first-order valence-corrected chi connectivity index (χ1v) is 8.27. The van der Waals surface area contributed by atoms with Crippen LogP contribution in [0.5, 0.6) is 5.75 Å². The molecule has 0 fully saturated rings. The first-order chi connectivity index (χ1) is 11.4. The van der Waals surface area contributed by atoms with E-state index >= 15 is 0 Å². The van der Waals surface area contributed by atoms with Crippen LogP contribution in [0.1, 0.15) is 12.5 Å². The molecule has 0 aromatic heterocycles. The highest BCUT2D eigenvalue weighted by Crippen LogP contribution is 2.28. The van der Waals surface area contributed by atoms with Crippen molar-refractivity contribution in [3.63, 3.8) is 0 Å². The van der Waals surface area contributed by atoms with Crippen molar-refractivity contribution in [3.05, 3.63) is 62.1 Å². The van der Waals surface area contributed by atoms with Gasteiger partial charge >= 0.3 is 0 Å². The predicted octanol–water partition coefficient (Wildman–Crippen LogP) is 5.22. The Kier molecular flexibility index (Phi) is 6.75. The average Bonchev–Trinajstić information content (AvgIpc) is 2.53. The van der Waals surface area contributed by atoms with Crippen LogP contribution in [0.25, 0.3) is 0 Å². The molecule has 8 heteroatoms. The minimum absolute atomic E-state index is 0.321. The van der Waals surface area contributed by atoms with Crippen LogP contribution in [-0.2, 0) is 4.79 Å². The lowest BCUT2D eigenvalue weighted by Gasteiger charge is -2.14. The van der Waals surface area contributed by atoms with E-state index in [9.17, 15) is 4.79 Å². The summed E-state index contributed by atoms with van der Waals surface area (Å²) in [6, 6.07) is 9.74. The smallest absolute Gasteiger partial charge is 0.280 e. The van der Waals surface area contributed by atoms with Crippen LogP contribution < -0.4 is 10.2 Å². The van der Waals surface area contributed by atoms with Crippen LogP contribution in [-0.4, -0.2) is 18.2 Å². The topological polar surface area (TPSA) is 50.7 Å². The van der Waals surface area contributed by atoms with Gasteiger partial charge in [0.25, 0.3) is 5.91 Å². The van der Waals surface area contributed by atoms with Gasteiger partial charge in [-0.25, -0.2) is 5.43 Å². The zero-order chi connectivity index (χ0) is 17.7. The van der Waals surface area contributed by atoms with Crippen molar-refractivity contribution in [2.45, 2.75) is 13.0 Å². The summed E-state index contributed by atoms with van der Waals surface area (Å²) in [6.07, 6.45) is 0.650. The molecule has 0 aliphatic heterocycles. The number of rotatable bonds is 5. The summed E-state index contributed by atoms with van der Waals surface area (Å²) in [5.74, 6) is -0.0745. The Morgan fingerprint density at radius 2 is 1.83 bits per heavy atom. The third-order valence-electron chi connectivity index (χ3n) is 2.90. The molecule has 1 atom stereocenters. The summed E-state index contributed by atoms with van der Waals surface area (Å²) >= 11 is 23.5. The van der Waals surface area contributed by atoms with Crippen LogP contribution >= 0.6 is 46.4 Å². The largest absolute Gasteiger partial charge is 0.479 e. The quantitative estimate of drug-likeness (QED) is 0.547. The number of ether oxygens (including phenoxy) is 1. The molecule has 1 amide bonds. The lowest BCUT2D eigenvalue weighted by Crippen LogP contribution is -2.33. The molecule has 0 spiro atoms. The highest BCUT2D eigenvalue weighted by atomic mass is 35.5. The Morgan fingerprint density at radius 3 is 2.50 bits per heavy atom. The van der Waals surface area contributed by atoms with Gasteiger partial charge in [-0.2, -0.15) is 5.10 Å². The van der Waals surface area contributed by atoms with Gasteiger partial charge in [0.15, 0.2) is 6.10 Å². The van der Waals surface area contributed by atoms with Gasteiger partial charge < -0.3 is 4.74 Å². The molecule has 126 valence electrons. The van der Waals surface area contributed by atoms with Crippen LogP contribution in [0.4, 0.5) is 0 Å². The number of carbonyl (C=O) groups is 1. The summed E-state index contributed by atoms with van der Waals surface area (Å²) in [4.78, 5) is 12.0. The van der Waals surface area contributed by atoms with E-state index in [4.69, 9.17) is 51.1 Å². The fourth-order valence-electron chi connectivity index (χ4n) is 1.67. The summed E-state index contributed by atoms with van der Waals surface area (Å²) < 4.78 is 5.48. The zero-order valence-corrected chi connectivity index (χ0v) is 15.4. The fraction of sp³-hybridized carbons (Fsp3) is 0.125. The number of benzene rings is 2. The number of hydrazone groups is 1. The van der Waals surface area contributed by atoms with Crippen molar-refractivity contribution in [1.82, 2.24) is 5.43 Å². The van der Waals surface area contributed by atoms with E-state index in [1.165, 1.54) is 12.3 Å².